The van der Waals surface area contributed by atoms with Crippen LogP contribution in [0, 0.1) is 0 Å². The first kappa shape index (κ1) is 13.6. The standard InChI is InChI=1S/C13H13BrN2O3/c1-2-9-6-15-12(19-9)7-16-13(18)10-4-3-8(14)5-11(10)17/h3-6,17H,2,7H2,1H3,(H,16,18). The van der Waals surface area contributed by atoms with E-state index in [1.807, 2.05) is 6.92 Å². The second kappa shape index (κ2) is 5.88. The highest BCUT2D eigenvalue weighted by Crippen LogP contribution is 2.22. The number of carbonyl (C=O) groups excluding carboxylic acids is 1. The predicted octanol–water partition coefficient (Wildman–Crippen LogP) is 2.64. The molecule has 0 aliphatic carbocycles. The number of aromatic nitrogens is 1. The number of oxazole rings is 1. The molecule has 0 saturated carbocycles. The van der Waals surface area contributed by atoms with Crippen molar-refractivity contribution in [3.63, 3.8) is 0 Å². The van der Waals surface area contributed by atoms with Gasteiger partial charge in [-0.15, -0.1) is 0 Å². The molecule has 2 aromatic rings. The number of phenols is 1. The lowest BCUT2D eigenvalue weighted by Crippen LogP contribution is -2.23. The summed E-state index contributed by atoms with van der Waals surface area (Å²) >= 11 is 3.22. The fourth-order valence-corrected chi connectivity index (χ4v) is 1.89. The third-order valence-electron chi connectivity index (χ3n) is 2.55. The van der Waals surface area contributed by atoms with Crippen molar-refractivity contribution in [3.05, 3.63) is 46.1 Å². The van der Waals surface area contributed by atoms with Gasteiger partial charge in [0.05, 0.1) is 18.3 Å². The number of amides is 1. The summed E-state index contributed by atoms with van der Waals surface area (Å²) < 4.78 is 6.08. The molecule has 0 aliphatic rings. The minimum absolute atomic E-state index is 0.0754. The van der Waals surface area contributed by atoms with E-state index in [9.17, 15) is 9.90 Å². The van der Waals surface area contributed by atoms with E-state index in [0.717, 1.165) is 12.2 Å². The van der Waals surface area contributed by atoms with Crippen molar-refractivity contribution in [1.29, 1.82) is 0 Å². The van der Waals surface area contributed by atoms with Gasteiger partial charge >= 0.3 is 0 Å². The van der Waals surface area contributed by atoms with Crippen molar-refractivity contribution >= 4 is 21.8 Å². The molecule has 0 atom stereocenters. The van der Waals surface area contributed by atoms with Crippen molar-refractivity contribution < 1.29 is 14.3 Å². The maximum atomic E-state index is 11.9. The number of aromatic hydroxyl groups is 1. The average Bonchev–Trinajstić information content (AvgIpc) is 2.84. The third kappa shape index (κ3) is 3.35. The molecule has 1 aromatic heterocycles. The molecule has 6 heteroatoms. The van der Waals surface area contributed by atoms with Crippen LogP contribution in [0.3, 0.4) is 0 Å². The molecule has 1 aromatic carbocycles. The van der Waals surface area contributed by atoms with Crippen LogP contribution in [-0.4, -0.2) is 16.0 Å². The van der Waals surface area contributed by atoms with E-state index in [2.05, 4.69) is 26.2 Å². The minimum atomic E-state index is -0.374. The molecular formula is C13H13BrN2O3. The molecule has 0 spiro atoms. The summed E-state index contributed by atoms with van der Waals surface area (Å²) in [6.07, 6.45) is 2.40. The molecule has 0 bridgehead atoms. The molecule has 2 N–H and O–H groups in total. The zero-order chi connectivity index (χ0) is 13.8. The topological polar surface area (TPSA) is 75.4 Å². The molecule has 1 amide bonds. The highest BCUT2D eigenvalue weighted by Gasteiger charge is 2.12. The van der Waals surface area contributed by atoms with Crippen molar-refractivity contribution in [2.75, 3.05) is 0 Å². The largest absolute Gasteiger partial charge is 0.507 e. The molecule has 100 valence electrons. The van der Waals surface area contributed by atoms with Gasteiger partial charge in [0.15, 0.2) is 0 Å². The first-order valence-corrected chi connectivity index (χ1v) is 6.59. The summed E-state index contributed by atoms with van der Waals surface area (Å²) in [6.45, 7) is 2.15. The van der Waals surface area contributed by atoms with E-state index in [-0.39, 0.29) is 23.8 Å². The molecule has 0 unspecified atom stereocenters. The average molecular weight is 325 g/mol. The van der Waals surface area contributed by atoms with E-state index in [0.29, 0.717) is 10.4 Å². The molecule has 2 rings (SSSR count). The molecule has 0 aliphatic heterocycles. The van der Waals surface area contributed by atoms with Crippen LogP contribution in [0.15, 0.2) is 33.3 Å². The van der Waals surface area contributed by atoms with Gasteiger partial charge in [0, 0.05) is 10.9 Å². The third-order valence-corrected chi connectivity index (χ3v) is 3.05. The summed E-state index contributed by atoms with van der Waals surface area (Å²) in [5.41, 5.74) is 0.213. The number of carbonyl (C=O) groups is 1. The van der Waals surface area contributed by atoms with Gasteiger partial charge in [-0.3, -0.25) is 4.79 Å². The van der Waals surface area contributed by atoms with E-state index in [1.165, 1.54) is 6.07 Å². The first-order valence-electron chi connectivity index (χ1n) is 5.80. The Labute approximate surface area is 118 Å². The molecule has 19 heavy (non-hydrogen) atoms. The van der Waals surface area contributed by atoms with E-state index < -0.39 is 0 Å². The Morgan fingerprint density at radius 1 is 1.53 bits per heavy atom. The van der Waals surface area contributed by atoms with Gasteiger partial charge in [-0.25, -0.2) is 4.98 Å². The SMILES string of the molecule is CCc1cnc(CNC(=O)c2ccc(Br)cc2O)o1. The van der Waals surface area contributed by atoms with Crippen LogP contribution >= 0.6 is 15.9 Å². The van der Waals surface area contributed by atoms with Crippen molar-refractivity contribution in [1.82, 2.24) is 10.3 Å². The van der Waals surface area contributed by atoms with Crippen molar-refractivity contribution in [2.24, 2.45) is 0 Å². The zero-order valence-corrected chi connectivity index (χ0v) is 11.9. The number of hydrogen-bond acceptors (Lipinski definition) is 4. The Hall–Kier alpha value is -1.82. The van der Waals surface area contributed by atoms with Crippen molar-refractivity contribution in [2.45, 2.75) is 19.9 Å². The Morgan fingerprint density at radius 2 is 2.32 bits per heavy atom. The smallest absolute Gasteiger partial charge is 0.255 e. The Bertz CT molecular complexity index is 595. The van der Waals surface area contributed by atoms with Gasteiger partial charge in [0.25, 0.3) is 5.91 Å². The van der Waals surface area contributed by atoms with Crippen LogP contribution in [0.25, 0.3) is 0 Å². The lowest BCUT2D eigenvalue weighted by atomic mass is 10.2. The van der Waals surface area contributed by atoms with Gasteiger partial charge < -0.3 is 14.8 Å². The van der Waals surface area contributed by atoms with Gasteiger partial charge in [0.2, 0.25) is 5.89 Å². The fourth-order valence-electron chi connectivity index (χ4n) is 1.54. The molecule has 0 fully saturated rings. The summed E-state index contributed by atoms with van der Waals surface area (Å²) in [6, 6.07) is 4.70. The zero-order valence-electron chi connectivity index (χ0n) is 10.3. The summed E-state index contributed by atoms with van der Waals surface area (Å²) in [5.74, 6) is 0.771. The maximum absolute atomic E-state index is 11.9. The van der Waals surface area contributed by atoms with Gasteiger partial charge in [-0.2, -0.15) is 0 Å². The summed E-state index contributed by atoms with van der Waals surface area (Å²) in [7, 11) is 0. The molecule has 1 heterocycles. The minimum Gasteiger partial charge on any atom is -0.507 e. The monoisotopic (exact) mass is 324 g/mol. The van der Waals surface area contributed by atoms with Crippen LogP contribution in [0.4, 0.5) is 0 Å². The number of benzene rings is 1. The molecule has 0 saturated heterocycles. The summed E-state index contributed by atoms with van der Waals surface area (Å²) in [4.78, 5) is 15.9. The highest BCUT2D eigenvalue weighted by atomic mass is 79.9. The number of phenolic OH excluding ortho intramolecular Hbond substituents is 1. The molecule has 5 nitrogen and oxygen atoms in total. The van der Waals surface area contributed by atoms with Gasteiger partial charge in [-0.05, 0) is 18.2 Å². The Morgan fingerprint density at radius 3 is 2.95 bits per heavy atom. The number of rotatable bonds is 4. The van der Waals surface area contributed by atoms with Crippen molar-refractivity contribution in [3.8, 4) is 5.75 Å². The van der Waals surface area contributed by atoms with Crippen LogP contribution in [-0.2, 0) is 13.0 Å². The van der Waals surface area contributed by atoms with Crippen LogP contribution in [0.2, 0.25) is 0 Å². The number of nitrogens with one attached hydrogen (secondary N) is 1. The maximum Gasteiger partial charge on any atom is 0.255 e. The lowest BCUT2D eigenvalue weighted by Gasteiger charge is -2.05. The molecular weight excluding hydrogens is 312 g/mol. The number of nitrogens with zero attached hydrogens (tertiary/aromatic N) is 1. The van der Waals surface area contributed by atoms with E-state index in [4.69, 9.17) is 4.42 Å². The number of aryl methyl sites for hydroxylation is 1. The fraction of sp³-hybridized carbons (Fsp3) is 0.231. The Balaban J connectivity index is 2.01. The predicted molar refractivity (Wildman–Crippen MR) is 72.9 cm³/mol. The summed E-state index contributed by atoms with van der Waals surface area (Å²) in [5, 5.41) is 12.3. The quantitative estimate of drug-likeness (QED) is 0.906. The second-order valence-electron chi connectivity index (χ2n) is 3.92. The van der Waals surface area contributed by atoms with Crippen LogP contribution < -0.4 is 5.32 Å². The number of halogens is 1. The molecule has 0 radical (unpaired) electrons. The normalized spacial score (nSPS) is 10.4. The van der Waals surface area contributed by atoms with Gasteiger partial charge in [0.1, 0.15) is 11.5 Å². The highest BCUT2D eigenvalue weighted by molar-refractivity contribution is 9.10. The van der Waals surface area contributed by atoms with Crippen LogP contribution in [0.1, 0.15) is 28.9 Å². The second-order valence-corrected chi connectivity index (χ2v) is 4.83. The van der Waals surface area contributed by atoms with Crippen LogP contribution in [0.5, 0.6) is 5.75 Å². The van der Waals surface area contributed by atoms with E-state index in [1.54, 1.807) is 18.3 Å². The lowest BCUT2D eigenvalue weighted by molar-refractivity contribution is 0.0944. The number of hydrogen-bond donors (Lipinski definition) is 2. The Kier molecular flexibility index (Phi) is 4.21. The first-order chi connectivity index (χ1) is 9.10. The van der Waals surface area contributed by atoms with E-state index >= 15 is 0 Å². The van der Waals surface area contributed by atoms with Gasteiger partial charge in [-0.1, -0.05) is 22.9 Å².